The SMILES string of the molecule is COC(=O)c1c(NC(=O)CSc2cccc(NC(=O)/C(=C\c3c(Cl)cccc3Cl)NC(=O)c3ccccc3)c2)sc2c1CCCCC2. The molecule has 5 rings (SSSR count). The van der Waals surface area contributed by atoms with Crippen molar-refractivity contribution in [3.63, 3.8) is 0 Å². The zero-order valence-electron chi connectivity index (χ0n) is 25.4. The van der Waals surface area contributed by atoms with Crippen LogP contribution in [0.5, 0.6) is 0 Å². The van der Waals surface area contributed by atoms with Gasteiger partial charge in [0.1, 0.15) is 10.7 Å². The van der Waals surface area contributed by atoms with Crippen LogP contribution in [0.25, 0.3) is 6.08 Å². The minimum Gasteiger partial charge on any atom is -0.465 e. The normalized spacial score (nSPS) is 12.8. The highest BCUT2D eigenvalue weighted by Gasteiger charge is 2.26. The molecule has 1 heterocycles. The minimum atomic E-state index is -0.599. The van der Waals surface area contributed by atoms with Crippen LogP contribution in [0.15, 0.2) is 83.4 Å². The molecule has 1 aliphatic carbocycles. The molecule has 0 aliphatic heterocycles. The van der Waals surface area contributed by atoms with Crippen LogP contribution < -0.4 is 16.0 Å². The Morgan fingerprint density at radius 2 is 1.62 bits per heavy atom. The van der Waals surface area contributed by atoms with Crippen molar-refractivity contribution in [1.29, 1.82) is 0 Å². The zero-order chi connectivity index (χ0) is 33.3. The van der Waals surface area contributed by atoms with E-state index < -0.39 is 17.8 Å². The second-order valence-corrected chi connectivity index (χ2v) is 13.6. The number of aryl methyl sites for hydroxylation is 1. The van der Waals surface area contributed by atoms with Crippen molar-refractivity contribution in [2.24, 2.45) is 0 Å². The van der Waals surface area contributed by atoms with Crippen molar-refractivity contribution in [2.75, 3.05) is 23.5 Å². The maximum atomic E-state index is 13.5. The molecule has 0 unspecified atom stereocenters. The third kappa shape index (κ3) is 8.84. The number of hydrogen-bond acceptors (Lipinski definition) is 7. The topological polar surface area (TPSA) is 114 Å². The second-order valence-electron chi connectivity index (χ2n) is 10.6. The number of carbonyl (C=O) groups excluding carboxylic acids is 4. The Hall–Kier alpha value is -4.09. The van der Waals surface area contributed by atoms with Crippen LogP contribution in [0.1, 0.15) is 56.0 Å². The highest BCUT2D eigenvalue weighted by molar-refractivity contribution is 8.00. The summed E-state index contributed by atoms with van der Waals surface area (Å²) in [6, 6.07) is 20.4. The number of hydrogen-bond donors (Lipinski definition) is 3. The number of carbonyl (C=O) groups is 4. The highest BCUT2D eigenvalue weighted by atomic mass is 35.5. The van der Waals surface area contributed by atoms with E-state index in [1.165, 1.54) is 36.3 Å². The van der Waals surface area contributed by atoms with E-state index in [1.807, 2.05) is 6.07 Å². The molecule has 1 aromatic heterocycles. The van der Waals surface area contributed by atoms with Crippen LogP contribution in [0, 0.1) is 0 Å². The predicted octanol–water partition coefficient (Wildman–Crippen LogP) is 8.25. The van der Waals surface area contributed by atoms with Crippen molar-refractivity contribution in [3.8, 4) is 0 Å². The number of esters is 1. The maximum Gasteiger partial charge on any atom is 0.341 e. The molecule has 0 fully saturated rings. The number of rotatable bonds is 10. The zero-order valence-corrected chi connectivity index (χ0v) is 28.5. The maximum absolute atomic E-state index is 13.5. The summed E-state index contributed by atoms with van der Waals surface area (Å²) in [5, 5.41) is 9.55. The summed E-state index contributed by atoms with van der Waals surface area (Å²) in [6.07, 6.45) is 6.25. The van der Waals surface area contributed by atoms with Crippen LogP contribution >= 0.6 is 46.3 Å². The Labute approximate surface area is 290 Å². The van der Waals surface area contributed by atoms with E-state index in [2.05, 4.69) is 16.0 Å². The summed E-state index contributed by atoms with van der Waals surface area (Å²) >= 11 is 15.4. The van der Waals surface area contributed by atoms with Crippen LogP contribution in [-0.4, -0.2) is 36.6 Å². The van der Waals surface area contributed by atoms with Gasteiger partial charge in [0.2, 0.25) is 5.91 Å². The molecule has 0 saturated heterocycles. The Balaban J connectivity index is 1.29. The molecule has 4 aromatic rings. The van der Waals surface area contributed by atoms with Gasteiger partial charge >= 0.3 is 5.97 Å². The van der Waals surface area contributed by atoms with Crippen molar-refractivity contribution in [2.45, 2.75) is 37.0 Å². The highest BCUT2D eigenvalue weighted by Crippen LogP contribution is 2.38. The number of fused-ring (bicyclic) bond motifs is 1. The number of methoxy groups -OCH3 is 1. The monoisotopic (exact) mass is 707 g/mol. The minimum absolute atomic E-state index is 0.0676. The fourth-order valence-electron chi connectivity index (χ4n) is 5.06. The fraction of sp³-hybridized carbons (Fsp3) is 0.200. The number of thiophene rings is 1. The van der Waals surface area contributed by atoms with Crippen LogP contribution in [0.4, 0.5) is 10.7 Å². The quantitative estimate of drug-likeness (QED) is 0.0662. The molecule has 0 radical (unpaired) electrons. The van der Waals surface area contributed by atoms with Gasteiger partial charge in [-0.15, -0.1) is 23.1 Å². The Morgan fingerprint density at radius 1 is 0.894 bits per heavy atom. The lowest BCUT2D eigenvalue weighted by Gasteiger charge is -2.13. The van der Waals surface area contributed by atoms with E-state index in [9.17, 15) is 19.2 Å². The van der Waals surface area contributed by atoms with Gasteiger partial charge in [-0.3, -0.25) is 14.4 Å². The molecule has 242 valence electrons. The first-order chi connectivity index (χ1) is 22.7. The summed E-state index contributed by atoms with van der Waals surface area (Å²) < 4.78 is 5.04. The van der Waals surface area contributed by atoms with Gasteiger partial charge in [0.05, 0.1) is 18.4 Å². The van der Waals surface area contributed by atoms with E-state index in [0.29, 0.717) is 37.4 Å². The van der Waals surface area contributed by atoms with E-state index in [0.717, 1.165) is 47.4 Å². The van der Waals surface area contributed by atoms with Gasteiger partial charge in [-0.1, -0.05) is 60.0 Å². The number of halogens is 2. The van der Waals surface area contributed by atoms with E-state index >= 15 is 0 Å². The standard InChI is InChI=1S/C35H31Cl2N3O5S2/c1-45-35(44)31-24-14-6-3-7-17-29(24)47-34(31)40-30(41)20-46-23-13-8-12-22(18-23)38-33(43)28(19-25-26(36)15-9-16-27(25)37)39-32(42)21-10-4-2-5-11-21/h2,4-5,8-13,15-16,18-19H,3,6-7,14,17,20H2,1H3,(H,38,43)(H,39,42)(H,40,41)/b28-19+. The third-order valence-corrected chi connectivity index (χ3v) is 10.2. The first-order valence-electron chi connectivity index (χ1n) is 14.8. The fourth-order valence-corrected chi connectivity index (χ4v) is 7.61. The summed E-state index contributed by atoms with van der Waals surface area (Å²) in [6.45, 7) is 0. The molecule has 0 saturated carbocycles. The smallest absolute Gasteiger partial charge is 0.341 e. The number of thioether (sulfide) groups is 1. The summed E-state index contributed by atoms with van der Waals surface area (Å²) in [5.74, 6) is -1.72. The van der Waals surface area contributed by atoms with Gasteiger partial charge in [0, 0.05) is 36.6 Å². The summed E-state index contributed by atoms with van der Waals surface area (Å²) in [7, 11) is 1.35. The van der Waals surface area contributed by atoms with Crippen molar-refractivity contribution < 1.29 is 23.9 Å². The molecule has 3 aromatic carbocycles. The number of nitrogens with one attached hydrogen (secondary N) is 3. The van der Waals surface area contributed by atoms with Gasteiger partial charge in [-0.2, -0.15) is 0 Å². The number of anilines is 2. The molecule has 0 atom stereocenters. The lowest BCUT2D eigenvalue weighted by atomic mass is 10.1. The summed E-state index contributed by atoms with van der Waals surface area (Å²) in [5.41, 5.74) is 2.56. The van der Waals surface area contributed by atoms with Crippen molar-refractivity contribution in [1.82, 2.24) is 5.32 Å². The first-order valence-corrected chi connectivity index (χ1v) is 17.4. The summed E-state index contributed by atoms with van der Waals surface area (Å²) in [4.78, 5) is 54.0. The average molecular weight is 709 g/mol. The average Bonchev–Trinajstić information content (AvgIpc) is 3.24. The van der Waals surface area contributed by atoms with E-state index in [-0.39, 0.29) is 17.4 Å². The number of benzene rings is 3. The van der Waals surface area contributed by atoms with Crippen molar-refractivity contribution in [3.05, 3.63) is 116 Å². The molecule has 0 spiro atoms. The molecule has 3 amide bonds. The largest absolute Gasteiger partial charge is 0.465 e. The Kier molecular flexibility index (Phi) is 11.8. The Morgan fingerprint density at radius 3 is 2.36 bits per heavy atom. The van der Waals surface area contributed by atoms with Crippen LogP contribution in [-0.2, 0) is 27.2 Å². The lowest BCUT2D eigenvalue weighted by molar-refractivity contribution is -0.114. The predicted molar refractivity (Wildman–Crippen MR) is 190 cm³/mol. The lowest BCUT2D eigenvalue weighted by Crippen LogP contribution is -2.30. The van der Waals surface area contributed by atoms with E-state index in [4.69, 9.17) is 27.9 Å². The van der Waals surface area contributed by atoms with Gasteiger partial charge in [0.25, 0.3) is 11.8 Å². The Bertz CT molecular complexity index is 1820. The van der Waals surface area contributed by atoms with Crippen molar-refractivity contribution >= 4 is 86.8 Å². The third-order valence-electron chi connectivity index (χ3n) is 7.34. The first kappa shape index (κ1) is 34.3. The molecule has 12 heteroatoms. The second kappa shape index (κ2) is 16.1. The van der Waals surface area contributed by atoms with E-state index in [1.54, 1.807) is 66.7 Å². The molecular formula is C35H31Cl2N3O5S2. The molecule has 3 N–H and O–H groups in total. The van der Waals surface area contributed by atoms with Gasteiger partial charge < -0.3 is 20.7 Å². The number of amides is 3. The number of ether oxygens (including phenoxy) is 1. The van der Waals surface area contributed by atoms with Crippen LogP contribution in [0.3, 0.4) is 0 Å². The van der Waals surface area contributed by atoms with Crippen LogP contribution in [0.2, 0.25) is 10.0 Å². The van der Waals surface area contributed by atoms with Gasteiger partial charge in [-0.05, 0) is 79.8 Å². The molecule has 47 heavy (non-hydrogen) atoms. The van der Waals surface area contributed by atoms with Gasteiger partial charge in [-0.25, -0.2) is 4.79 Å². The molecule has 1 aliphatic rings. The molecule has 0 bridgehead atoms. The van der Waals surface area contributed by atoms with Gasteiger partial charge in [0.15, 0.2) is 0 Å². The molecular weight excluding hydrogens is 677 g/mol. The molecule has 8 nitrogen and oxygen atoms in total.